The average Bonchev–Trinajstić information content (AvgIpc) is 2.36. The second-order valence-electron chi connectivity index (χ2n) is 5.82. The first-order valence-corrected chi connectivity index (χ1v) is 6.42. The normalized spacial score (nSPS) is 29.0. The number of ketones is 1. The lowest BCUT2D eigenvalue weighted by Gasteiger charge is -2.54. The topological polar surface area (TPSA) is 30.0 Å². The number of carbonyl (C=O) groups is 1. The Bertz CT molecular complexity index is 539. The summed E-state index contributed by atoms with van der Waals surface area (Å²) >= 11 is 0. The highest BCUT2D eigenvalue weighted by Crippen LogP contribution is 2.58. The van der Waals surface area contributed by atoms with Gasteiger partial charge in [-0.2, -0.15) is 0 Å². The number of carbonyl (C=O) groups excluding carboxylic acids is 1. The molecule has 4 rings (SSSR count). The van der Waals surface area contributed by atoms with E-state index in [9.17, 15) is 4.79 Å². The Morgan fingerprint density at radius 2 is 1.94 bits per heavy atom. The highest BCUT2D eigenvalue weighted by molar-refractivity contribution is 5.96. The molecule has 1 fully saturated rings. The lowest BCUT2D eigenvalue weighted by atomic mass is 9.48. The largest absolute Gasteiger partial charge is 0.295 e. The summed E-state index contributed by atoms with van der Waals surface area (Å²) in [6, 6.07) is 3.94. The van der Waals surface area contributed by atoms with Gasteiger partial charge in [0.05, 0.1) is 0 Å². The zero-order chi connectivity index (χ0) is 12.8. The molecule has 1 heterocycles. The van der Waals surface area contributed by atoms with Crippen LogP contribution >= 0.6 is 0 Å². The van der Waals surface area contributed by atoms with E-state index in [1.807, 2.05) is 18.2 Å². The Balaban J connectivity index is 1.86. The van der Waals surface area contributed by atoms with Gasteiger partial charge in [0, 0.05) is 18.3 Å². The van der Waals surface area contributed by atoms with Gasteiger partial charge in [-0.05, 0) is 47.1 Å². The number of allylic oxidation sites excluding steroid dienone is 3. The molecule has 18 heavy (non-hydrogen) atoms. The van der Waals surface area contributed by atoms with Crippen molar-refractivity contribution in [3.63, 3.8) is 0 Å². The van der Waals surface area contributed by atoms with E-state index in [0.29, 0.717) is 11.7 Å². The summed E-state index contributed by atoms with van der Waals surface area (Å²) in [7, 11) is 0. The van der Waals surface area contributed by atoms with E-state index in [1.54, 1.807) is 12.4 Å². The summed E-state index contributed by atoms with van der Waals surface area (Å²) in [6.07, 6.45) is 10.6. The van der Waals surface area contributed by atoms with Crippen LogP contribution in [0, 0.1) is 17.3 Å². The Labute approximate surface area is 107 Å². The van der Waals surface area contributed by atoms with Crippen LogP contribution in [0.5, 0.6) is 0 Å². The van der Waals surface area contributed by atoms with Crippen molar-refractivity contribution in [1.82, 2.24) is 4.98 Å². The molecule has 0 aromatic carbocycles. The Morgan fingerprint density at radius 3 is 2.56 bits per heavy atom. The average molecular weight is 239 g/mol. The molecule has 0 N–H and O–H groups in total. The molecule has 2 bridgehead atoms. The fourth-order valence-corrected chi connectivity index (χ4v) is 3.17. The zero-order valence-electron chi connectivity index (χ0n) is 10.8. The van der Waals surface area contributed by atoms with Crippen molar-refractivity contribution in [3.05, 3.63) is 47.8 Å². The molecular formula is C16H17NO. The highest BCUT2D eigenvalue weighted by atomic mass is 16.1. The monoisotopic (exact) mass is 239 g/mol. The Kier molecular flexibility index (Phi) is 2.47. The molecule has 2 heteroatoms. The van der Waals surface area contributed by atoms with Crippen LogP contribution in [-0.2, 0) is 4.79 Å². The Hall–Kier alpha value is -1.70. The van der Waals surface area contributed by atoms with Crippen LogP contribution < -0.4 is 0 Å². The number of aromatic nitrogens is 1. The number of hydrogen-bond donors (Lipinski definition) is 0. The van der Waals surface area contributed by atoms with Crippen molar-refractivity contribution in [3.8, 4) is 0 Å². The molecule has 92 valence electrons. The van der Waals surface area contributed by atoms with Crippen molar-refractivity contribution in [1.29, 1.82) is 0 Å². The SMILES string of the molecule is CC1(C)C2CC1C(/C=C/c1ccncc1)=CC2=O. The van der Waals surface area contributed by atoms with Crippen molar-refractivity contribution in [2.24, 2.45) is 17.3 Å². The fourth-order valence-electron chi connectivity index (χ4n) is 3.17. The molecule has 2 unspecified atom stereocenters. The summed E-state index contributed by atoms with van der Waals surface area (Å²) < 4.78 is 0. The minimum atomic E-state index is 0.143. The molecule has 1 aromatic rings. The van der Waals surface area contributed by atoms with Crippen LogP contribution in [0.1, 0.15) is 25.8 Å². The van der Waals surface area contributed by atoms with Gasteiger partial charge in [-0.25, -0.2) is 0 Å². The summed E-state index contributed by atoms with van der Waals surface area (Å²) in [5, 5.41) is 0. The maximum atomic E-state index is 11.9. The summed E-state index contributed by atoms with van der Waals surface area (Å²) in [4.78, 5) is 15.9. The van der Waals surface area contributed by atoms with E-state index in [-0.39, 0.29) is 11.3 Å². The predicted octanol–water partition coefficient (Wildman–Crippen LogP) is 3.27. The van der Waals surface area contributed by atoms with E-state index in [1.165, 1.54) is 5.57 Å². The molecule has 0 saturated heterocycles. The molecule has 1 saturated carbocycles. The third-order valence-electron chi connectivity index (χ3n) is 4.50. The number of pyridine rings is 1. The Morgan fingerprint density at radius 1 is 1.22 bits per heavy atom. The maximum Gasteiger partial charge on any atom is 0.159 e. The first-order valence-electron chi connectivity index (χ1n) is 6.42. The van der Waals surface area contributed by atoms with Crippen LogP contribution in [0.15, 0.2) is 42.3 Å². The molecule has 2 atom stereocenters. The maximum absolute atomic E-state index is 11.9. The smallest absolute Gasteiger partial charge is 0.159 e. The van der Waals surface area contributed by atoms with Gasteiger partial charge in [-0.1, -0.05) is 26.0 Å². The third kappa shape index (κ3) is 1.64. The molecule has 2 nitrogen and oxygen atoms in total. The van der Waals surface area contributed by atoms with E-state index >= 15 is 0 Å². The number of nitrogens with zero attached hydrogens (tertiary/aromatic N) is 1. The zero-order valence-corrected chi connectivity index (χ0v) is 10.8. The molecule has 0 spiro atoms. The minimum absolute atomic E-state index is 0.143. The summed E-state index contributed by atoms with van der Waals surface area (Å²) in [5.74, 6) is 1.09. The number of hydrogen-bond acceptors (Lipinski definition) is 2. The lowest BCUT2D eigenvalue weighted by Crippen LogP contribution is -2.52. The number of rotatable bonds is 2. The van der Waals surface area contributed by atoms with Gasteiger partial charge in [0.2, 0.25) is 0 Å². The standard InChI is InChI=1S/C16H17NO/c1-16(2)13-10-14(16)15(18)9-12(13)4-3-11-5-7-17-8-6-11/h3-9,13-14H,10H2,1-2H3/b4-3+. The van der Waals surface area contributed by atoms with Crippen LogP contribution in [0.3, 0.4) is 0 Å². The van der Waals surface area contributed by atoms with Crippen LogP contribution in [0.25, 0.3) is 6.08 Å². The quantitative estimate of drug-likeness (QED) is 0.792. The van der Waals surface area contributed by atoms with Gasteiger partial charge < -0.3 is 0 Å². The van der Waals surface area contributed by atoms with Gasteiger partial charge >= 0.3 is 0 Å². The van der Waals surface area contributed by atoms with Crippen LogP contribution in [0.4, 0.5) is 0 Å². The second-order valence-corrected chi connectivity index (χ2v) is 5.82. The second kappa shape index (κ2) is 3.91. The van der Waals surface area contributed by atoms with Crippen molar-refractivity contribution in [2.75, 3.05) is 0 Å². The van der Waals surface area contributed by atoms with Crippen molar-refractivity contribution in [2.45, 2.75) is 20.3 Å². The molecule has 0 aliphatic heterocycles. The molecular weight excluding hydrogens is 222 g/mol. The highest BCUT2D eigenvalue weighted by Gasteiger charge is 2.54. The fraction of sp³-hybridized carbons (Fsp3) is 0.375. The van der Waals surface area contributed by atoms with Gasteiger partial charge in [0.15, 0.2) is 5.78 Å². The van der Waals surface area contributed by atoms with Crippen LogP contribution in [-0.4, -0.2) is 10.8 Å². The van der Waals surface area contributed by atoms with E-state index in [4.69, 9.17) is 0 Å². The molecule has 1 aromatic heterocycles. The van der Waals surface area contributed by atoms with E-state index < -0.39 is 0 Å². The van der Waals surface area contributed by atoms with Gasteiger partial charge in [0.25, 0.3) is 0 Å². The third-order valence-corrected chi connectivity index (χ3v) is 4.50. The first kappa shape index (κ1) is 11.4. The van der Waals surface area contributed by atoms with E-state index in [2.05, 4.69) is 31.0 Å². The molecule has 3 aliphatic carbocycles. The molecule has 0 radical (unpaired) electrons. The van der Waals surface area contributed by atoms with E-state index in [0.717, 1.165) is 12.0 Å². The van der Waals surface area contributed by atoms with Crippen molar-refractivity contribution < 1.29 is 4.79 Å². The van der Waals surface area contributed by atoms with Gasteiger partial charge in [-0.3, -0.25) is 9.78 Å². The summed E-state index contributed by atoms with van der Waals surface area (Å²) in [6.45, 7) is 4.41. The minimum Gasteiger partial charge on any atom is -0.295 e. The summed E-state index contributed by atoms with van der Waals surface area (Å²) in [5.41, 5.74) is 2.45. The molecule has 3 aliphatic rings. The predicted molar refractivity (Wildman–Crippen MR) is 71.7 cm³/mol. The molecule has 0 amide bonds. The van der Waals surface area contributed by atoms with Gasteiger partial charge in [0.1, 0.15) is 0 Å². The van der Waals surface area contributed by atoms with Crippen molar-refractivity contribution >= 4 is 11.9 Å². The number of fused-ring (bicyclic) bond motifs is 1. The van der Waals surface area contributed by atoms with Gasteiger partial charge in [-0.15, -0.1) is 0 Å². The first-order chi connectivity index (χ1) is 8.59. The lowest BCUT2D eigenvalue weighted by molar-refractivity contribution is -0.133. The van der Waals surface area contributed by atoms with Crippen LogP contribution in [0.2, 0.25) is 0 Å².